The van der Waals surface area contributed by atoms with E-state index in [0.717, 1.165) is 56.9 Å². The van der Waals surface area contributed by atoms with E-state index in [1.807, 2.05) is 36.1 Å². The molecule has 1 saturated heterocycles. The maximum absolute atomic E-state index is 12.5. The number of amides is 1. The van der Waals surface area contributed by atoms with E-state index in [0.29, 0.717) is 0 Å². The van der Waals surface area contributed by atoms with Gasteiger partial charge in [-0.15, -0.1) is 0 Å². The first-order chi connectivity index (χ1) is 9.70. The highest BCUT2D eigenvalue weighted by Crippen LogP contribution is 2.11. The quantitative estimate of drug-likeness (QED) is 0.840. The standard InChI is InChI=1S/C16H24N2O2/c1-14-5-3-6-15(13-14)16(19)18-8-4-7-17(9-10-18)11-12-20-2/h3,5-6,13H,4,7-12H2,1-2H3. The fraction of sp³-hybridized carbons (Fsp3) is 0.562. The number of hydrogen-bond acceptors (Lipinski definition) is 3. The first kappa shape index (κ1) is 15.0. The van der Waals surface area contributed by atoms with Gasteiger partial charge in [0, 0.05) is 38.9 Å². The van der Waals surface area contributed by atoms with E-state index in [1.165, 1.54) is 0 Å². The number of methoxy groups -OCH3 is 1. The molecule has 0 unspecified atom stereocenters. The average molecular weight is 276 g/mol. The highest BCUT2D eigenvalue weighted by atomic mass is 16.5. The number of ether oxygens (including phenoxy) is 1. The number of nitrogens with zero attached hydrogens (tertiary/aromatic N) is 2. The summed E-state index contributed by atoms with van der Waals surface area (Å²) >= 11 is 0. The van der Waals surface area contributed by atoms with Gasteiger partial charge in [0.15, 0.2) is 0 Å². The topological polar surface area (TPSA) is 32.8 Å². The molecule has 1 fully saturated rings. The Morgan fingerprint density at radius 2 is 2.10 bits per heavy atom. The van der Waals surface area contributed by atoms with E-state index in [-0.39, 0.29) is 5.91 Å². The molecular formula is C16H24N2O2. The Kier molecular flexibility index (Phi) is 5.56. The van der Waals surface area contributed by atoms with Crippen molar-refractivity contribution in [1.82, 2.24) is 9.80 Å². The summed E-state index contributed by atoms with van der Waals surface area (Å²) in [7, 11) is 1.73. The van der Waals surface area contributed by atoms with Crippen LogP contribution >= 0.6 is 0 Å². The Balaban J connectivity index is 1.94. The van der Waals surface area contributed by atoms with Crippen LogP contribution in [0, 0.1) is 6.92 Å². The molecule has 4 heteroatoms. The van der Waals surface area contributed by atoms with Crippen LogP contribution in [0.3, 0.4) is 0 Å². The normalized spacial score (nSPS) is 17.0. The molecule has 20 heavy (non-hydrogen) atoms. The van der Waals surface area contributed by atoms with Gasteiger partial charge in [-0.05, 0) is 32.0 Å². The highest BCUT2D eigenvalue weighted by Gasteiger charge is 2.19. The summed E-state index contributed by atoms with van der Waals surface area (Å²) < 4.78 is 5.12. The summed E-state index contributed by atoms with van der Waals surface area (Å²) in [6.07, 6.45) is 1.03. The number of rotatable bonds is 4. The number of carbonyl (C=O) groups is 1. The number of benzene rings is 1. The fourth-order valence-electron chi connectivity index (χ4n) is 2.58. The summed E-state index contributed by atoms with van der Waals surface area (Å²) in [6.45, 7) is 7.34. The Morgan fingerprint density at radius 3 is 2.85 bits per heavy atom. The molecule has 0 aliphatic carbocycles. The second-order valence-corrected chi connectivity index (χ2v) is 5.35. The lowest BCUT2D eigenvalue weighted by molar-refractivity contribution is 0.0759. The van der Waals surface area contributed by atoms with Gasteiger partial charge in [-0.3, -0.25) is 9.69 Å². The zero-order valence-corrected chi connectivity index (χ0v) is 12.5. The molecule has 1 aliphatic heterocycles. The molecule has 0 N–H and O–H groups in total. The van der Waals surface area contributed by atoms with Gasteiger partial charge in [-0.25, -0.2) is 0 Å². The van der Waals surface area contributed by atoms with Gasteiger partial charge in [-0.1, -0.05) is 17.7 Å². The van der Waals surface area contributed by atoms with Crippen molar-refractivity contribution in [1.29, 1.82) is 0 Å². The lowest BCUT2D eigenvalue weighted by atomic mass is 10.1. The van der Waals surface area contributed by atoms with Crippen molar-refractivity contribution in [3.8, 4) is 0 Å². The molecular weight excluding hydrogens is 252 g/mol. The van der Waals surface area contributed by atoms with Crippen molar-refractivity contribution in [2.24, 2.45) is 0 Å². The Labute approximate surface area is 121 Å². The molecule has 1 amide bonds. The van der Waals surface area contributed by atoms with Gasteiger partial charge < -0.3 is 9.64 Å². The molecule has 2 rings (SSSR count). The molecule has 0 bridgehead atoms. The van der Waals surface area contributed by atoms with Crippen LogP contribution in [0.15, 0.2) is 24.3 Å². The van der Waals surface area contributed by atoms with Crippen LogP contribution in [-0.2, 0) is 4.74 Å². The second-order valence-electron chi connectivity index (χ2n) is 5.35. The number of carbonyl (C=O) groups excluding carboxylic acids is 1. The van der Waals surface area contributed by atoms with Gasteiger partial charge in [-0.2, -0.15) is 0 Å². The lowest BCUT2D eigenvalue weighted by Crippen LogP contribution is -2.36. The molecule has 4 nitrogen and oxygen atoms in total. The zero-order chi connectivity index (χ0) is 14.4. The van der Waals surface area contributed by atoms with Crippen LogP contribution in [0.5, 0.6) is 0 Å². The average Bonchev–Trinajstić information content (AvgIpc) is 2.70. The minimum atomic E-state index is 0.155. The first-order valence-electron chi connectivity index (χ1n) is 7.28. The van der Waals surface area contributed by atoms with E-state index < -0.39 is 0 Å². The van der Waals surface area contributed by atoms with Crippen LogP contribution in [-0.4, -0.2) is 62.1 Å². The molecule has 1 aliphatic rings. The third-order valence-corrected chi connectivity index (χ3v) is 3.75. The van der Waals surface area contributed by atoms with Crippen molar-refractivity contribution >= 4 is 5.91 Å². The van der Waals surface area contributed by atoms with Crippen molar-refractivity contribution < 1.29 is 9.53 Å². The van der Waals surface area contributed by atoms with Gasteiger partial charge in [0.1, 0.15) is 0 Å². The third-order valence-electron chi connectivity index (χ3n) is 3.75. The second kappa shape index (κ2) is 7.41. The van der Waals surface area contributed by atoms with Crippen molar-refractivity contribution in [2.75, 3.05) is 46.4 Å². The van der Waals surface area contributed by atoms with Crippen molar-refractivity contribution in [3.05, 3.63) is 35.4 Å². The Bertz CT molecular complexity index is 448. The minimum absolute atomic E-state index is 0.155. The molecule has 110 valence electrons. The lowest BCUT2D eigenvalue weighted by Gasteiger charge is -2.22. The van der Waals surface area contributed by atoms with Crippen LogP contribution in [0.1, 0.15) is 22.3 Å². The molecule has 0 spiro atoms. The largest absolute Gasteiger partial charge is 0.383 e. The molecule has 1 heterocycles. The maximum atomic E-state index is 12.5. The van der Waals surface area contributed by atoms with Crippen molar-refractivity contribution in [2.45, 2.75) is 13.3 Å². The van der Waals surface area contributed by atoms with Crippen LogP contribution in [0.25, 0.3) is 0 Å². The van der Waals surface area contributed by atoms with E-state index in [4.69, 9.17) is 4.74 Å². The highest BCUT2D eigenvalue weighted by molar-refractivity contribution is 5.94. The molecule has 0 aromatic heterocycles. The predicted octanol–water partition coefficient (Wildman–Crippen LogP) is 1.79. The van der Waals surface area contributed by atoms with E-state index in [2.05, 4.69) is 4.90 Å². The van der Waals surface area contributed by atoms with Crippen LogP contribution in [0.2, 0.25) is 0 Å². The molecule has 0 atom stereocenters. The molecule has 0 radical (unpaired) electrons. The Morgan fingerprint density at radius 1 is 1.25 bits per heavy atom. The fourth-order valence-corrected chi connectivity index (χ4v) is 2.58. The van der Waals surface area contributed by atoms with Crippen molar-refractivity contribution in [3.63, 3.8) is 0 Å². The van der Waals surface area contributed by atoms with Crippen LogP contribution < -0.4 is 0 Å². The zero-order valence-electron chi connectivity index (χ0n) is 12.5. The number of hydrogen-bond donors (Lipinski definition) is 0. The molecule has 0 saturated carbocycles. The monoisotopic (exact) mass is 276 g/mol. The summed E-state index contributed by atoms with van der Waals surface area (Å²) in [5.74, 6) is 0.155. The van der Waals surface area contributed by atoms with Crippen LogP contribution in [0.4, 0.5) is 0 Å². The minimum Gasteiger partial charge on any atom is -0.383 e. The SMILES string of the molecule is COCCN1CCCN(C(=O)c2cccc(C)c2)CC1. The molecule has 1 aromatic rings. The predicted molar refractivity (Wildman–Crippen MR) is 80.0 cm³/mol. The number of aryl methyl sites for hydroxylation is 1. The molecule has 1 aromatic carbocycles. The van der Waals surface area contributed by atoms with Gasteiger partial charge in [0.05, 0.1) is 6.61 Å². The van der Waals surface area contributed by atoms with Gasteiger partial charge in [0.2, 0.25) is 0 Å². The van der Waals surface area contributed by atoms with E-state index >= 15 is 0 Å². The third kappa shape index (κ3) is 4.05. The summed E-state index contributed by atoms with van der Waals surface area (Å²) in [5.41, 5.74) is 1.93. The summed E-state index contributed by atoms with van der Waals surface area (Å²) in [6, 6.07) is 7.84. The smallest absolute Gasteiger partial charge is 0.253 e. The summed E-state index contributed by atoms with van der Waals surface area (Å²) in [4.78, 5) is 16.9. The van der Waals surface area contributed by atoms with E-state index in [1.54, 1.807) is 7.11 Å². The maximum Gasteiger partial charge on any atom is 0.253 e. The Hall–Kier alpha value is -1.39. The van der Waals surface area contributed by atoms with E-state index in [9.17, 15) is 4.79 Å². The van der Waals surface area contributed by atoms with Gasteiger partial charge >= 0.3 is 0 Å². The van der Waals surface area contributed by atoms with Gasteiger partial charge in [0.25, 0.3) is 5.91 Å². The first-order valence-corrected chi connectivity index (χ1v) is 7.28. The summed E-state index contributed by atoms with van der Waals surface area (Å²) in [5, 5.41) is 0.